The molecule has 0 radical (unpaired) electrons. The number of aryl methyl sites for hydroxylation is 1. The van der Waals surface area contributed by atoms with Crippen molar-refractivity contribution in [1.82, 2.24) is 15.0 Å². The van der Waals surface area contributed by atoms with Crippen molar-refractivity contribution < 1.29 is 4.74 Å². The molecule has 4 nitrogen and oxygen atoms in total. The van der Waals surface area contributed by atoms with Gasteiger partial charge in [0.1, 0.15) is 15.9 Å². The summed E-state index contributed by atoms with van der Waals surface area (Å²) in [5.41, 5.74) is 0.822. The second-order valence-electron chi connectivity index (χ2n) is 4.23. The Morgan fingerprint density at radius 1 is 1.15 bits per heavy atom. The molecule has 20 heavy (non-hydrogen) atoms. The molecule has 5 heteroatoms. The fraction of sp³-hybridized carbons (Fsp3) is 0.133. The molecule has 0 spiro atoms. The number of fused-ring (bicyclic) bond motifs is 1. The van der Waals surface area contributed by atoms with Gasteiger partial charge in [0.25, 0.3) is 0 Å². The van der Waals surface area contributed by atoms with Crippen molar-refractivity contribution >= 4 is 26.8 Å². The molecule has 0 bridgehead atoms. The molecule has 0 aliphatic heterocycles. The molecule has 100 valence electrons. The minimum Gasteiger partial charge on any atom is -0.437 e. The van der Waals surface area contributed by atoms with Crippen molar-refractivity contribution in [2.24, 2.45) is 0 Å². The van der Waals surface area contributed by atoms with Crippen LogP contribution in [0.3, 0.4) is 0 Å². The fourth-order valence-electron chi connectivity index (χ4n) is 1.92. The van der Waals surface area contributed by atoms with E-state index < -0.39 is 0 Å². The molecular weight excluding hydrogens is 318 g/mol. The van der Waals surface area contributed by atoms with E-state index in [-0.39, 0.29) is 0 Å². The Hall–Kier alpha value is -2.01. The highest BCUT2D eigenvalue weighted by Gasteiger charge is 2.07. The smallest absolute Gasteiger partial charge is 0.223 e. The molecule has 2 aromatic heterocycles. The van der Waals surface area contributed by atoms with Crippen LogP contribution in [0.2, 0.25) is 0 Å². The molecule has 0 amide bonds. The van der Waals surface area contributed by atoms with Crippen molar-refractivity contribution in [3.63, 3.8) is 0 Å². The van der Waals surface area contributed by atoms with E-state index in [1.165, 1.54) is 0 Å². The summed E-state index contributed by atoms with van der Waals surface area (Å²) in [6.07, 6.45) is 2.51. The Labute approximate surface area is 125 Å². The van der Waals surface area contributed by atoms with E-state index in [0.717, 1.165) is 23.1 Å². The normalized spacial score (nSPS) is 10.7. The van der Waals surface area contributed by atoms with Gasteiger partial charge < -0.3 is 4.74 Å². The number of para-hydroxylation sites is 1. The van der Waals surface area contributed by atoms with Gasteiger partial charge >= 0.3 is 0 Å². The second-order valence-corrected chi connectivity index (χ2v) is 5.04. The van der Waals surface area contributed by atoms with Gasteiger partial charge in [0.05, 0.1) is 0 Å². The molecule has 3 rings (SSSR count). The van der Waals surface area contributed by atoms with Crippen LogP contribution < -0.4 is 4.74 Å². The molecule has 3 aromatic rings. The topological polar surface area (TPSA) is 47.9 Å². The van der Waals surface area contributed by atoms with Gasteiger partial charge in [-0.3, -0.25) is 4.98 Å². The summed E-state index contributed by atoms with van der Waals surface area (Å²) in [5, 5.41) is 1.04. The number of benzene rings is 1. The average Bonchev–Trinajstić information content (AvgIpc) is 2.47. The third kappa shape index (κ3) is 2.63. The third-order valence-electron chi connectivity index (χ3n) is 2.84. The van der Waals surface area contributed by atoms with Gasteiger partial charge in [-0.05, 0) is 28.1 Å². The number of halogens is 1. The van der Waals surface area contributed by atoms with Crippen LogP contribution in [0.15, 0.2) is 47.2 Å². The van der Waals surface area contributed by atoms with Crippen molar-refractivity contribution in [2.75, 3.05) is 0 Å². The zero-order valence-electron chi connectivity index (χ0n) is 10.9. The average molecular weight is 330 g/mol. The Kier molecular flexibility index (Phi) is 3.60. The van der Waals surface area contributed by atoms with E-state index in [0.29, 0.717) is 16.2 Å². The highest BCUT2D eigenvalue weighted by molar-refractivity contribution is 9.10. The zero-order chi connectivity index (χ0) is 13.9. The van der Waals surface area contributed by atoms with Crippen LogP contribution >= 0.6 is 15.9 Å². The molecule has 0 saturated carbocycles. The molecule has 0 N–H and O–H groups in total. The first kappa shape index (κ1) is 13.0. The predicted octanol–water partition coefficient (Wildman–Crippen LogP) is 4.14. The monoisotopic (exact) mass is 329 g/mol. The lowest BCUT2D eigenvalue weighted by Crippen LogP contribution is -1.97. The van der Waals surface area contributed by atoms with Gasteiger partial charge in [-0.2, -0.15) is 4.98 Å². The Morgan fingerprint density at radius 3 is 2.85 bits per heavy atom. The molecule has 2 heterocycles. The highest BCUT2D eigenvalue weighted by Crippen LogP contribution is 2.28. The third-order valence-corrected chi connectivity index (χ3v) is 3.25. The maximum absolute atomic E-state index is 5.87. The van der Waals surface area contributed by atoms with E-state index in [1.807, 2.05) is 37.3 Å². The van der Waals surface area contributed by atoms with E-state index in [4.69, 9.17) is 4.74 Å². The van der Waals surface area contributed by atoms with Gasteiger partial charge in [-0.1, -0.05) is 25.1 Å². The number of rotatable bonds is 3. The van der Waals surface area contributed by atoms with E-state index in [2.05, 4.69) is 30.9 Å². The molecule has 0 aliphatic rings. The van der Waals surface area contributed by atoms with Crippen molar-refractivity contribution in [3.8, 4) is 11.6 Å². The van der Waals surface area contributed by atoms with Crippen LogP contribution in [0.25, 0.3) is 10.9 Å². The molecule has 0 fully saturated rings. The second kappa shape index (κ2) is 5.54. The molecule has 0 saturated heterocycles. The van der Waals surface area contributed by atoms with Crippen molar-refractivity contribution in [1.29, 1.82) is 0 Å². The SMILES string of the molecule is CCc1nc(Br)cc(Oc2cccc3cccnc23)n1. The molecular formula is C15H12BrN3O. The van der Waals surface area contributed by atoms with Crippen LogP contribution in [-0.2, 0) is 6.42 Å². The summed E-state index contributed by atoms with van der Waals surface area (Å²) in [6, 6.07) is 11.5. The van der Waals surface area contributed by atoms with Crippen LogP contribution in [0, 0.1) is 0 Å². The van der Waals surface area contributed by atoms with Gasteiger partial charge in [-0.25, -0.2) is 4.98 Å². The van der Waals surface area contributed by atoms with E-state index >= 15 is 0 Å². The maximum atomic E-state index is 5.87. The first-order valence-electron chi connectivity index (χ1n) is 6.31. The van der Waals surface area contributed by atoms with Crippen LogP contribution in [-0.4, -0.2) is 15.0 Å². The van der Waals surface area contributed by atoms with E-state index in [9.17, 15) is 0 Å². The van der Waals surface area contributed by atoms with Crippen LogP contribution in [0.5, 0.6) is 11.6 Å². The van der Waals surface area contributed by atoms with Crippen LogP contribution in [0.4, 0.5) is 0 Å². The quantitative estimate of drug-likeness (QED) is 0.677. The first-order chi connectivity index (χ1) is 9.76. The van der Waals surface area contributed by atoms with Crippen molar-refractivity contribution in [2.45, 2.75) is 13.3 Å². The fourth-order valence-corrected chi connectivity index (χ4v) is 2.32. The van der Waals surface area contributed by atoms with Gasteiger partial charge in [-0.15, -0.1) is 0 Å². The summed E-state index contributed by atoms with van der Waals surface area (Å²) in [7, 11) is 0. The maximum Gasteiger partial charge on any atom is 0.223 e. The number of ether oxygens (including phenoxy) is 1. The zero-order valence-corrected chi connectivity index (χ0v) is 12.5. The summed E-state index contributed by atoms with van der Waals surface area (Å²) in [6.45, 7) is 2.00. The lowest BCUT2D eigenvalue weighted by molar-refractivity contribution is 0.462. The Bertz CT molecular complexity index is 756. The Balaban J connectivity index is 2.03. The standard InChI is InChI=1S/C15H12BrN3O/c1-2-13-18-12(16)9-14(19-13)20-11-7-3-5-10-6-4-8-17-15(10)11/h3-9H,2H2,1H3. The lowest BCUT2D eigenvalue weighted by Gasteiger charge is -2.08. The number of nitrogens with zero attached hydrogens (tertiary/aromatic N) is 3. The summed E-state index contributed by atoms with van der Waals surface area (Å²) >= 11 is 3.37. The summed E-state index contributed by atoms with van der Waals surface area (Å²) < 4.78 is 6.59. The largest absolute Gasteiger partial charge is 0.437 e. The number of hydrogen-bond donors (Lipinski definition) is 0. The summed E-state index contributed by atoms with van der Waals surface area (Å²) in [5.74, 6) is 1.94. The van der Waals surface area contributed by atoms with Gasteiger partial charge in [0.15, 0.2) is 5.75 Å². The molecule has 0 unspecified atom stereocenters. The number of pyridine rings is 1. The van der Waals surface area contributed by atoms with Gasteiger partial charge in [0, 0.05) is 24.1 Å². The van der Waals surface area contributed by atoms with Crippen LogP contribution in [0.1, 0.15) is 12.7 Å². The first-order valence-corrected chi connectivity index (χ1v) is 7.10. The lowest BCUT2D eigenvalue weighted by atomic mass is 10.2. The number of hydrogen-bond acceptors (Lipinski definition) is 4. The minimum atomic E-state index is 0.516. The van der Waals surface area contributed by atoms with E-state index in [1.54, 1.807) is 12.3 Å². The molecule has 0 aliphatic carbocycles. The summed E-state index contributed by atoms with van der Waals surface area (Å²) in [4.78, 5) is 13.0. The highest BCUT2D eigenvalue weighted by atomic mass is 79.9. The van der Waals surface area contributed by atoms with Crippen molar-refractivity contribution in [3.05, 3.63) is 53.0 Å². The molecule has 1 aromatic carbocycles. The minimum absolute atomic E-state index is 0.516. The molecule has 0 atom stereocenters. The Morgan fingerprint density at radius 2 is 2.00 bits per heavy atom. The van der Waals surface area contributed by atoms with Gasteiger partial charge in [0.2, 0.25) is 5.88 Å². The number of aromatic nitrogens is 3. The predicted molar refractivity (Wildman–Crippen MR) is 80.9 cm³/mol.